The van der Waals surface area contributed by atoms with Crippen molar-refractivity contribution >= 4 is 23.1 Å². The van der Waals surface area contributed by atoms with Crippen molar-refractivity contribution in [2.24, 2.45) is 0 Å². The van der Waals surface area contributed by atoms with E-state index in [2.05, 4.69) is 36.1 Å². The number of ether oxygens (including phenoxy) is 2. The molecule has 0 spiro atoms. The smallest absolute Gasteiger partial charge is 0.163 e. The SMILES string of the molecule is CCCCCN1c2ccccc2Sc2c(OC(C)C)c(C#N)c(C#N)c(OC(C)C)c21. The molecule has 2 aromatic rings. The Labute approximate surface area is 189 Å². The van der Waals surface area contributed by atoms with E-state index >= 15 is 0 Å². The van der Waals surface area contributed by atoms with E-state index in [0.717, 1.165) is 47.0 Å². The predicted octanol–water partition coefficient (Wildman–Crippen LogP) is 6.80. The summed E-state index contributed by atoms with van der Waals surface area (Å²) in [5.41, 5.74) is 2.41. The van der Waals surface area contributed by atoms with Crippen LogP contribution in [-0.4, -0.2) is 18.8 Å². The van der Waals surface area contributed by atoms with Crippen molar-refractivity contribution in [1.82, 2.24) is 0 Å². The monoisotopic (exact) mass is 435 g/mol. The second-order valence-electron chi connectivity index (χ2n) is 8.07. The summed E-state index contributed by atoms with van der Waals surface area (Å²) in [7, 11) is 0. The molecule has 162 valence electrons. The molecule has 0 atom stereocenters. The van der Waals surface area contributed by atoms with Crippen LogP contribution in [0.2, 0.25) is 0 Å². The Bertz CT molecular complexity index is 1030. The van der Waals surface area contributed by atoms with Crippen LogP contribution in [0.4, 0.5) is 11.4 Å². The molecular formula is C25H29N3O2S. The van der Waals surface area contributed by atoms with Gasteiger partial charge in [0.2, 0.25) is 0 Å². The number of anilines is 2. The Morgan fingerprint density at radius 2 is 1.55 bits per heavy atom. The van der Waals surface area contributed by atoms with E-state index in [4.69, 9.17) is 9.47 Å². The minimum atomic E-state index is -0.140. The lowest BCUT2D eigenvalue weighted by molar-refractivity contribution is 0.229. The Hall–Kier alpha value is -2.83. The molecule has 0 radical (unpaired) electrons. The van der Waals surface area contributed by atoms with Crippen LogP contribution in [0.15, 0.2) is 34.1 Å². The van der Waals surface area contributed by atoms with Gasteiger partial charge >= 0.3 is 0 Å². The van der Waals surface area contributed by atoms with Crippen LogP contribution in [0, 0.1) is 22.7 Å². The fraction of sp³-hybridized carbons (Fsp3) is 0.440. The Kier molecular flexibility index (Phi) is 7.36. The second kappa shape index (κ2) is 9.98. The number of hydrogen-bond acceptors (Lipinski definition) is 6. The topological polar surface area (TPSA) is 69.3 Å². The van der Waals surface area contributed by atoms with Crippen molar-refractivity contribution in [3.05, 3.63) is 35.4 Å². The highest BCUT2D eigenvalue weighted by atomic mass is 32.2. The van der Waals surface area contributed by atoms with Crippen LogP contribution in [0.1, 0.15) is 65.0 Å². The maximum absolute atomic E-state index is 10.0. The highest BCUT2D eigenvalue weighted by Gasteiger charge is 2.35. The first-order chi connectivity index (χ1) is 14.9. The first kappa shape index (κ1) is 22.8. The molecule has 0 aromatic heterocycles. The quantitative estimate of drug-likeness (QED) is 0.425. The van der Waals surface area contributed by atoms with E-state index in [1.165, 1.54) is 0 Å². The van der Waals surface area contributed by atoms with Crippen LogP contribution in [0.5, 0.6) is 11.5 Å². The summed E-state index contributed by atoms with van der Waals surface area (Å²) in [4.78, 5) is 4.18. The van der Waals surface area contributed by atoms with Gasteiger partial charge in [0.1, 0.15) is 29.0 Å². The molecule has 5 nitrogen and oxygen atoms in total. The first-order valence-corrected chi connectivity index (χ1v) is 11.7. The van der Waals surface area contributed by atoms with E-state index in [1.54, 1.807) is 11.8 Å². The highest BCUT2D eigenvalue weighted by molar-refractivity contribution is 7.99. The lowest BCUT2D eigenvalue weighted by atomic mass is 10.0. The number of nitrogens with zero attached hydrogens (tertiary/aromatic N) is 3. The normalized spacial score (nSPS) is 12.2. The highest BCUT2D eigenvalue weighted by Crippen LogP contribution is 2.58. The van der Waals surface area contributed by atoms with Crippen LogP contribution in [0.3, 0.4) is 0 Å². The Balaban J connectivity index is 2.36. The van der Waals surface area contributed by atoms with Crippen molar-refractivity contribution in [3.8, 4) is 23.6 Å². The largest absolute Gasteiger partial charge is 0.488 e. The zero-order chi connectivity index (χ0) is 22.5. The number of unbranched alkanes of at least 4 members (excludes halogenated alkanes) is 2. The van der Waals surface area contributed by atoms with Crippen LogP contribution in [0.25, 0.3) is 0 Å². The third-order valence-electron chi connectivity index (χ3n) is 4.89. The zero-order valence-electron chi connectivity index (χ0n) is 18.9. The zero-order valence-corrected chi connectivity index (χ0v) is 19.7. The van der Waals surface area contributed by atoms with Gasteiger partial charge in [-0.05, 0) is 46.2 Å². The van der Waals surface area contributed by atoms with Crippen LogP contribution in [-0.2, 0) is 0 Å². The molecule has 6 heteroatoms. The van der Waals surface area contributed by atoms with Gasteiger partial charge in [-0.3, -0.25) is 0 Å². The van der Waals surface area contributed by atoms with E-state index in [1.807, 2.05) is 39.8 Å². The predicted molar refractivity (Wildman–Crippen MR) is 124 cm³/mol. The Morgan fingerprint density at radius 1 is 0.935 bits per heavy atom. The second-order valence-corrected chi connectivity index (χ2v) is 9.12. The van der Waals surface area contributed by atoms with Crippen molar-refractivity contribution in [3.63, 3.8) is 0 Å². The minimum absolute atomic E-state index is 0.133. The molecule has 1 heterocycles. The summed E-state index contributed by atoms with van der Waals surface area (Å²) in [6.45, 7) is 10.7. The van der Waals surface area contributed by atoms with Crippen molar-refractivity contribution in [2.75, 3.05) is 11.4 Å². The summed E-state index contributed by atoms with van der Waals surface area (Å²) < 4.78 is 12.4. The summed E-state index contributed by atoms with van der Waals surface area (Å²) in [5.74, 6) is 0.943. The molecule has 0 amide bonds. The standard InChI is InChI=1S/C25H29N3O2S/c1-6-7-10-13-28-20-11-8-9-12-21(20)31-25-22(28)23(29-16(2)3)18(14-26)19(15-27)24(25)30-17(4)5/h8-9,11-12,16-17H,6-7,10,13H2,1-5H3. The molecule has 1 aliphatic heterocycles. The van der Waals surface area contributed by atoms with E-state index < -0.39 is 0 Å². The summed E-state index contributed by atoms with van der Waals surface area (Å²) in [6.07, 6.45) is 2.96. The maximum atomic E-state index is 10.0. The van der Waals surface area contributed by atoms with Crippen molar-refractivity contribution in [1.29, 1.82) is 10.5 Å². The molecule has 0 bridgehead atoms. The molecule has 0 saturated carbocycles. The minimum Gasteiger partial charge on any atom is -0.488 e. The summed E-state index contributed by atoms with van der Waals surface area (Å²) in [6, 6.07) is 12.7. The molecule has 2 aromatic carbocycles. The fourth-order valence-corrected chi connectivity index (χ4v) is 4.86. The molecule has 0 fully saturated rings. The van der Waals surface area contributed by atoms with Gasteiger partial charge in [-0.15, -0.1) is 0 Å². The van der Waals surface area contributed by atoms with Gasteiger partial charge < -0.3 is 14.4 Å². The molecule has 3 rings (SSSR count). The van der Waals surface area contributed by atoms with E-state index in [9.17, 15) is 10.5 Å². The fourth-order valence-electron chi connectivity index (χ4n) is 3.67. The van der Waals surface area contributed by atoms with Gasteiger partial charge in [-0.2, -0.15) is 10.5 Å². The molecule has 31 heavy (non-hydrogen) atoms. The maximum Gasteiger partial charge on any atom is 0.163 e. The third-order valence-corrected chi connectivity index (χ3v) is 6.04. The van der Waals surface area contributed by atoms with Gasteiger partial charge in [0, 0.05) is 11.4 Å². The lowest BCUT2D eigenvalue weighted by Gasteiger charge is -2.36. The van der Waals surface area contributed by atoms with Gasteiger partial charge in [-0.25, -0.2) is 0 Å². The molecular weight excluding hydrogens is 406 g/mol. The number of rotatable bonds is 8. The number of benzene rings is 2. The summed E-state index contributed by atoms with van der Waals surface area (Å²) in [5, 5.41) is 20.0. The number of para-hydroxylation sites is 1. The van der Waals surface area contributed by atoms with Gasteiger partial charge in [0.15, 0.2) is 11.5 Å². The third kappa shape index (κ3) is 4.60. The molecule has 0 unspecified atom stereocenters. The van der Waals surface area contributed by atoms with Crippen molar-refractivity contribution < 1.29 is 9.47 Å². The molecule has 0 saturated heterocycles. The van der Waals surface area contributed by atoms with Crippen LogP contribution >= 0.6 is 11.8 Å². The first-order valence-electron chi connectivity index (χ1n) is 10.8. The molecule has 0 aliphatic carbocycles. The number of fused-ring (bicyclic) bond motifs is 2. The van der Waals surface area contributed by atoms with E-state index in [0.29, 0.717) is 11.5 Å². The van der Waals surface area contributed by atoms with Crippen molar-refractivity contribution in [2.45, 2.75) is 75.9 Å². The van der Waals surface area contributed by atoms with E-state index in [-0.39, 0.29) is 23.3 Å². The van der Waals surface area contributed by atoms with Gasteiger partial charge in [0.25, 0.3) is 0 Å². The Morgan fingerprint density at radius 3 is 2.16 bits per heavy atom. The molecule has 1 aliphatic rings. The van der Waals surface area contributed by atoms with Gasteiger partial charge in [0.05, 0.1) is 22.8 Å². The van der Waals surface area contributed by atoms with Crippen LogP contribution < -0.4 is 14.4 Å². The number of nitriles is 2. The average Bonchev–Trinajstić information content (AvgIpc) is 2.74. The summed E-state index contributed by atoms with van der Waals surface area (Å²) >= 11 is 1.58. The average molecular weight is 436 g/mol. The van der Waals surface area contributed by atoms with Gasteiger partial charge in [-0.1, -0.05) is 43.7 Å². The lowest BCUT2D eigenvalue weighted by Crippen LogP contribution is -2.25. The molecule has 0 N–H and O–H groups in total. The number of hydrogen-bond donors (Lipinski definition) is 0.